The fourth-order valence-corrected chi connectivity index (χ4v) is 2.92. The van der Waals surface area contributed by atoms with Gasteiger partial charge in [0.05, 0.1) is 13.0 Å². The molecule has 23 heavy (non-hydrogen) atoms. The van der Waals surface area contributed by atoms with Crippen LogP contribution in [0.3, 0.4) is 0 Å². The molecule has 0 bridgehead atoms. The Kier molecular flexibility index (Phi) is 4.33. The molecule has 0 spiro atoms. The van der Waals surface area contributed by atoms with Gasteiger partial charge in [-0.05, 0) is 54.5 Å². The molecule has 4 heteroatoms. The molecule has 0 unspecified atom stereocenters. The number of aliphatic carboxylic acids is 1. The summed E-state index contributed by atoms with van der Waals surface area (Å²) in [5.41, 5.74) is 2.47. The van der Waals surface area contributed by atoms with Crippen molar-refractivity contribution >= 4 is 5.97 Å². The van der Waals surface area contributed by atoms with Gasteiger partial charge >= 0.3 is 5.97 Å². The number of rotatable bonds is 6. The Bertz CT molecular complexity index is 709. The average Bonchev–Trinajstić information content (AvgIpc) is 3.34. The maximum Gasteiger partial charge on any atom is 0.306 e. The number of ether oxygens (including phenoxy) is 1. The van der Waals surface area contributed by atoms with E-state index in [0.29, 0.717) is 17.2 Å². The highest BCUT2D eigenvalue weighted by molar-refractivity contribution is 5.73. The van der Waals surface area contributed by atoms with Gasteiger partial charge in [0.25, 0.3) is 0 Å². The van der Waals surface area contributed by atoms with Crippen LogP contribution in [0.5, 0.6) is 5.75 Å². The molecule has 0 aliphatic heterocycles. The monoisotopic (exact) mass is 314 g/mol. The van der Waals surface area contributed by atoms with E-state index in [4.69, 9.17) is 9.84 Å². The number of halogens is 1. The van der Waals surface area contributed by atoms with Crippen LogP contribution in [0.2, 0.25) is 0 Å². The third kappa shape index (κ3) is 3.52. The Morgan fingerprint density at radius 3 is 2.61 bits per heavy atom. The lowest BCUT2D eigenvalue weighted by Crippen LogP contribution is -2.00. The van der Waals surface area contributed by atoms with Crippen molar-refractivity contribution in [3.8, 4) is 16.9 Å². The largest absolute Gasteiger partial charge is 0.497 e. The number of hydrogen-bond acceptors (Lipinski definition) is 2. The van der Waals surface area contributed by atoms with Gasteiger partial charge in [-0.1, -0.05) is 24.3 Å². The quantitative estimate of drug-likeness (QED) is 0.871. The van der Waals surface area contributed by atoms with Crippen molar-refractivity contribution in [1.29, 1.82) is 0 Å². The predicted molar refractivity (Wildman–Crippen MR) is 85.9 cm³/mol. The van der Waals surface area contributed by atoms with Crippen molar-refractivity contribution in [1.82, 2.24) is 0 Å². The van der Waals surface area contributed by atoms with Crippen molar-refractivity contribution < 1.29 is 19.0 Å². The number of carboxylic acids is 1. The zero-order chi connectivity index (χ0) is 16.4. The van der Waals surface area contributed by atoms with E-state index in [-0.39, 0.29) is 11.7 Å². The molecule has 2 aromatic carbocycles. The molecule has 3 nitrogen and oxygen atoms in total. The molecular weight excluding hydrogens is 295 g/mol. The van der Waals surface area contributed by atoms with E-state index < -0.39 is 5.97 Å². The Hall–Kier alpha value is -2.36. The van der Waals surface area contributed by atoms with E-state index in [1.807, 2.05) is 24.3 Å². The summed E-state index contributed by atoms with van der Waals surface area (Å²) in [5, 5.41) is 8.91. The summed E-state index contributed by atoms with van der Waals surface area (Å²) < 4.78 is 19.1. The Morgan fingerprint density at radius 2 is 2.00 bits per heavy atom. The fourth-order valence-electron chi connectivity index (χ4n) is 2.92. The Morgan fingerprint density at radius 1 is 1.26 bits per heavy atom. The fraction of sp³-hybridized carbons (Fsp3) is 0.316. The molecule has 0 heterocycles. The second-order valence-corrected chi connectivity index (χ2v) is 6.02. The van der Waals surface area contributed by atoms with Crippen LogP contribution in [-0.2, 0) is 11.2 Å². The van der Waals surface area contributed by atoms with Crippen LogP contribution >= 0.6 is 0 Å². The number of hydrogen-bond donors (Lipinski definition) is 1. The van der Waals surface area contributed by atoms with Gasteiger partial charge in [0.15, 0.2) is 0 Å². The number of aryl methyl sites for hydroxylation is 1. The van der Waals surface area contributed by atoms with E-state index in [1.54, 1.807) is 19.2 Å². The summed E-state index contributed by atoms with van der Waals surface area (Å²) in [6, 6.07) is 12.4. The van der Waals surface area contributed by atoms with Gasteiger partial charge in [0, 0.05) is 5.56 Å². The third-order valence-electron chi connectivity index (χ3n) is 4.48. The van der Waals surface area contributed by atoms with E-state index in [1.165, 1.54) is 6.07 Å². The molecule has 1 aliphatic carbocycles. The van der Waals surface area contributed by atoms with Crippen LogP contribution in [0.4, 0.5) is 4.39 Å². The highest BCUT2D eigenvalue weighted by atomic mass is 19.1. The second kappa shape index (κ2) is 6.41. The molecule has 1 saturated carbocycles. The SMILES string of the molecule is COc1ccc(F)c(-c2ccc(CC[C@@H]3C[C@H]3C(=O)O)cc2)c1. The molecule has 0 saturated heterocycles. The van der Waals surface area contributed by atoms with E-state index in [0.717, 1.165) is 30.4 Å². The smallest absolute Gasteiger partial charge is 0.306 e. The maximum absolute atomic E-state index is 14.0. The summed E-state index contributed by atoms with van der Waals surface area (Å²) in [4.78, 5) is 10.8. The molecule has 1 fully saturated rings. The molecule has 0 radical (unpaired) electrons. The highest BCUT2D eigenvalue weighted by Gasteiger charge is 2.42. The highest BCUT2D eigenvalue weighted by Crippen LogP contribution is 2.42. The minimum absolute atomic E-state index is 0.153. The average molecular weight is 314 g/mol. The predicted octanol–water partition coefficient (Wildman–Crippen LogP) is 4.15. The van der Waals surface area contributed by atoms with Crippen molar-refractivity contribution in [2.75, 3.05) is 7.11 Å². The number of carbonyl (C=O) groups is 1. The molecule has 120 valence electrons. The van der Waals surface area contributed by atoms with Crippen molar-refractivity contribution in [2.24, 2.45) is 11.8 Å². The standard InChI is InChI=1S/C19H19FO3/c1-23-15-8-9-18(20)16(11-15)13-5-2-12(3-6-13)4-7-14-10-17(14)19(21)22/h2-3,5-6,8-9,11,14,17H,4,7,10H2,1H3,(H,21,22)/t14-,17-/m1/s1. The zero-order valence-electron chi connectivity index (χ0n) is 13.0. The van der Waals surface area contributed by atoms with Crippen LogP contribution < -0.4 is 4.74 Å². The minimum Gasteiger partial charge on any atom is -0.497 e. The lowest BCUT2D eigenvalue weighted by Gasteiger charge is -2.08. The van der Waals surface area contributed by atoms with Gasteiger partial charge in [-0.3, -0.25) is 4.79 Å². The third-order valence-corrected chi connectivity index (χ3v) is 4.48. The van der Waals surface area contributed by atoms with Crippen molar-refractivity contribution in [3.63, 3.8) is 0 Å². The van der Waals surface area contributed by atoms with Gasteiger partial charge in [0.2, 0.25) is 0 Å². The molecule has 3 rings (SSSR count). The van der Waals surface area contributed by atoms with E-state index in [2.05, 4.69) is 0 Å². The number of methoxy groups -OCH3 is 1. The lowest BCUT2D eigenvalue weighted by atomic mass is 10.0. The van der Waals surface area contributed by atoms with Gasteiger partial charge in [-0.15, -0.1) is 0 Å². The molecule has 0 amide bonds. The summed E-state index contributed by atoms with van der Waals surface area (Å²) in [6.45, 7) is 0. The summed E-state index contributed by atoms with van der Waals surface area (Å²) in [6.07, 6.45) is 2.54. The van der Waals surface area contributed by atoms with Crippen LogP contribution in [0, 0.1) is 17.7 Å². The summed E-state index contributed by atoms with van der Waals surface area (Å²) in [7, 11) is 1.56. The molecular formula is C19H19FO3. The Balaban J connectivity index is 1.66. The lowest BCUT2D eigenvalue weighted by molar-refractivity contribution is -0.138. The zero-order valence-corrected chi connectivity index (χ0v) is 13.0. The molecule has 2 aromatic rings. The van der Waals surface area contributed by atoms with E-state index >= 15 is 0 Å². The number of carboxylic acid groups (broad SMARTS) is 1. The normalized spacial score (nSPS) is 19.4. The van der Waals surface area contributed by atoms with Crippen LogP contribution in [0.1, 0.15) is 18.4 Å². The van der Waals surface area contributed by atoms with E-state index in [9.17, 15) is 9.18 Å². The summed E-state index contributed by atoms with van der Waals surface area (Å²) >= 11 is 0. The molecule has 2 atom stereocenters. The van der Waals surface area contributed by atoms with Gasteiger partial charge in [-0.2, -0.15) is 0 Å². The first-order valence-electron chi connectivity index (χ1n) is 7.74. The minimum atomic E-state index is -0.682. The van der Waals surface area contributed by atoms with Crippen LogP contribution in [-0.4, -0.2) is 18.2 Å². The van der Waals surface area contributed by atoms with Crippen LogP contribution in [0.15, 0.2) is 42.5 Å². The maximum atomic E-state index is 14.0. The van der Waals surface area contributed by atoms with Crippen molar-refractivity contribution in [3.05, 3.63) is 53.8 Å². The molecule has 1 aliphatic rings. The van der Waals surface area contributed by atoms with Gasteiger partial charge in [-0.25, -0.2) is 4.39 Å². The first kappa shape index (κ1) is 15.5. The number of benzene rings is 2. The first-order valence-corrected chi connectivity index (χ1v) is 7.74. The first-order chi connectivity index (χ1) is 11.1. The van der Waals surface area contributed by atoms with Crippen molar-refractivity contribution in [2.45, 2.75) is 19.3 Å². The van der Waals surface area contributed by atoms with Gasteiger partial charge in [0.1, 0.15) is 11.6 Å². The topological polar surface area (TPSA) is 46.5 Å². The Labute approximate surface area is 134 Å². The second-order valence-electron chi connectivity index (χ2n) is 6.02. The van der Waals surface area contributed by atoms with Crippen LogP contribution in [0.25, 0.3) is 11.1 Å². The molecule has 1 N–H and O–H groups in total. The molecule has 0 aromatic heterocycles. The summed E-state index contributed by atoms with van der Waals surface area (Å²) in [5.74, 6) is -0.179. The van der Waals surface area contributed by atoms with Gasteiger partial charge < -0.3 is 9.84 Å².